The van der Waals surface area contributed by atoms with E-state index in [9.17, 15) is 4.79 Å². The molecule has 0 radical (unpaired) electrons. The van der Waals surface area contributed by atoms with Crippen LogP contribution < -0.4 is 11.1 Å². The number of aromatic nitrogens is 2. The molecule has 1 saturated heterocycles. The second kappa shape index (κ2) is 4.63. The van der Waals surface area contributed by atoms with E-state index in [4.69, 9.17) is 22.1 Å². The lowest BCUT2D eigenvalue weighted by molar-refractivity contribution is 0.0995. The second-order valence-electron chi connectivity index (χ2n) is 3.48. The minimum absolute atomic E-state index is 0.00212. The highest BCUT2D eigenvalue weighted by Gasteiger charge is 2.17. The Morgan fingerprint density at radius 2 is 2.44 bits per heavy atom. The van der Waals surface area contributed by atoms with Crippen LogP contribution in [0.2, 0.25) is 5.28 Å². The molecule has 1 atom stereocenters. The van der Waals surface area contributed by atoms with Gasteiger partial charge in [-0.2, -0.15) is 0 Å². The van der Waals surface area contributed by atoms with Gasteiger partial charge >= 0.3 is 0 Å². The van der Waals surface area contributed by atoms with Crippen molar-refractivity contribution in [3.05, 3.63) is 17.0 Å². The molecule has 1 amide bonds. The summed E-state index contributed by atoms with van der Waals surface area (Å²) in [6.07, 6.45) is 0.896. The molecule has 1 aliphatic heterocycles. The van der Waals surface area contributed by atoms with Gasteiger partial charge in [-0.3, -0.25) is 4.79 Å². The molecule has 16 heavy (non-hydrogen) atoms. The number of anilines is 1. The van der Waals surface area contributed by atoms with E-state index >= 15 is 0 Å². The summed E-state index contributed by atoms with van der Waals surface area (Å²) in [5.74, 6) is -0.140. The molecule has 1 aliphatic rings. The maximum absolute atomic E-state index is 11.0. The highest BCUT2D eigenvalue weighted by atomic mass is 35.5. The molecule has 1 unspecified atom stereocenters. The van der Waals surface area contributed by atoms with Crippen molar-refractivity contribution < 1.29 is 9.53 Å². The van der Waals surface area contributed by atoms with Crippen LogP contribution in [-0.4, -0.2) is 35.1 Å². The summed E-state index contributed by atoms with van der Waals surface area (Å²) in [6, 6.07) is 1.67. The summed E-state index contributed by atoms with van der Waals surface area (Å²) in [4.78, 5) is 18.6. The molecular weight excluding hydrogens is 232 g/mol. The molecule has 1 aromatic heterocycles. The second-order valence-corrected chi connectivity index (χ2v) is 3.81. The van der Waals surface area contributed by atoms with Crippen LogP contribution in [0.1, 0.15) is 16.9 Å². The Labute approximate surface area is 97.2 Å². The zero-order chi connectivity index (χ0) is 11.5. The molecular formula is C9H11ClN4O2. The van der Waals surface area contributed by atoms with Gasteiger partial charge in [0.25, 0.3) is 5.91 Å². The highest BCUT2D eigenvalue weighted by Crippen LogP contribution is 2.14. The fraction of sp³-hybridized carbons (Fsp3) is 0.444. The van der Waals surface area contributed by atoms with Crippen molar-refractivity contribution in [2.24, 2.45) is 5.73 Å². The van der Waals surface area contributed by atoms with Crippen molar-refractivity contribution in [2.45, 2.75) is 12.5 Å². The minimum atomic E-state index is -0.630. The molecule has 0 aromatic carbocycles. The van der Waals surface area contributed by atoms with Crippen molar-refractivity contribution in [3.63, 3.8) is 0 Å². The Kier molecular flexibility index (Phi) is 3.21. The van der Waals surface area contributed by atoms with Crippen LogP contribution in [0, 0.1) is 0 Å². The highest BCUT2D eigenvalue weighted by molar-refractivity contribution is 6.28. The van der Waals surface area contributed by atoms with E-state index in [1.54, 1.807) is 0 Å². The van der Waals surface area contributed by atoms with E-state index in [2.05, 4.69) is 15.3 Å². The number of primary amides is 1. The van der Waals surface area contributed by atoms with Crippen molar-refractivity contribution in [1.29, 1.82) is 0 Å². The molecule has 86 valence electrons. The third-order valence-electron chi connectivity index (χ3n) is 2.23. The number of amides is 1. The first kappa shape index (κ1) is 11.1. The van der Waals surface area contributed by atoms with Crippen molar-refractivity contribution in [3.8, 4) is 0 Å². The van der Waals surface area contributed by atoms with Crippen LogP contribution in [0.3, 0.4) is 0 Å². The van der Waals surface area contributed by atoms with Gasteiger partial charge in [-0.25, -0.2) is 9.97 Å². The van der Waals surface area contributed by atoms with Gasteiger partial charge in [-0.15, -0.1) is 0 Å². The Morgan fingerprint density at radius 1 is 1.62 bits per heavy atom. The van der Waals surface area contributed by atoms with Crippen LogP contribution in [-0.2, 0) is 4.74 Å². The summed E-state index contributed by atoms with van der Waals surface area (Å²) in [7, 11) is 0. The largest absolute Gasteiger partial charge is 0.379 e. The average molecular weight is 243 g/mol. The smallest absolute Gasteiger partial charge is 0.267 e. The summed E-state index contributed by atoms with van der Waals surface area (Å²) in [5, 5.41) is 3.11. The first-order valence-corrected chi connectivity index (χ1v) is 5.21. The van der Waals surface area contributed by atoms with E-state index in [0.29, 0.717) is 12.4 Å². The molecule has 0 spiro atoms. The Balaban J connectivity index is 2.16. The number of rotatable bonds is 3. The van der Waals surface area contributed by atoms with Crippen molar-refractivity contribution in [2.75, 3.05) is 18.5 Å². The number of carbonyl (C=O) groups excluding carboxylic acids is 1. The number of halogens is 1. The summed E-state index contributed by atoms with van der Waals surface area (Å²) in [5.41, 5.74) is 5.22. The maximum atomic E-state index is 11.0. The van der Waals surface area contributed by atoms with E-state index in [-0.39, 0.29) is 17.0 Å². The van der Waals surface area contributed by atoms with E-state index in [1.165, 1.54) is 6.07 Å². The zero-order valence-electron chi connectivity index (χ0n) is 8.44. The van der Waals surface area contributed by atoms with Gasteiger partial charge in [0.05, 0.1) is 12.6 Å². The first-order valence-electron chi connectivity index (χ1n) is 4.84. The normalized spacial score (nSPS) is 19.7. The van der Waals surface area contributed by atoms with Crippen molar-refractivity contribution in [1.82, 2.24) is 9.97 Å². The van der Waals surface area contributed by atoms with Gasteiger partial charge in [0.2, 0.25) is 5.28 Å². The minimum Gasteiger partial charge on any atom is -0.379 e. The lowest BCUT2D eigenvalue weighted by atomic mass is 10.2. The van der Waals surface area contributed by atoms with Crippen LogP contribution in [0.15, 0.2) is 6.07 Å². The number of carbonyl (C=O) groups is 1. The number of ether oxygens (including phenoxy) is 1. The maximum Gasteiger partial charge on any atom is 0.267 e. The molecule has 0 aliphatic carbocycles. The number of nitrogens with one attached hydrogen (secondary N) is 1. The molecule has 6 nitrogen and oxygen atoms in total. The molecule has 3 N–H and O–H groups in total. The molecule has 1 aromatic rings. The van der Waals surface area contributed by atoms with E-state index in [1.807, 2.05) is 0 Å². The van der Waals surface area contributed by atoms with E-state index in [0.717, 1.165) is 13.0 Å². The fourth-order valence-corrected chi connectivity index (χ4v) is 1.66. The molecule has 0 bridgehead atoms. The lowest BCUT2D eigenvalue weighted by Crippen LogP contribution is -2.21. The SMILES string of the molecule is NC(=O)c1cc(NC2CCOC2)nc(Cl)n1. The van der Waals surface area contributed by atoms with Crippen LogP contribution >= 0.6 is 11.6 Å². The summed E-state index contributed by atoms with van der Waals surface area (Å²) in [6.45, 7) is 1.34. The third-order valence-corrected chi connectivity index (χ3v) is 2.40. The zero-order valence-corrected chi connectivity index (χ0v) is 9.20. The van der Waals surface area contributed by atoms with Gasteiger partial charge in [0, 0.05) is 12.7 Å². The first-order chi connectivity index (χ1) is 7.65. The molecule has 0 saturated carbocycles. The Bertz CT molecular complexity index is 406. The molecule has 2 rings (SSSR count). The number of nitrogens with zero attached hydrogens (tertiary/aromatic N) is 2. The average Bonchev–Trinajstić information content (AvgIpc) is 2.69. The number of hydrogen-bond donors (Lipinski definition) is 2. The predicted octanol–water partition coefficient (Wildman–Crippen LogP) is 0.430. The standard InChI is InChI=1S/C9H11ClN4O2/c10-9-13-6(8(11)15)3-7(14-9)12-5-1-2-16-4-5/h3,5H,1-2,4H2,(H2,11,15)(H,12,13,14). The van der Waals surface area contributed by atoms with Crippen molar-refractivity contribution >= 4 is 23.3 Å². The lowest BCUT2D eigenvalue weighted by Gasteiger charge is -2.11. The van der Waals surface area contributed by atoms with Crippen LogP contribution in [0.25, 0.3) is 0 Å². The van der Waals surface area contributed by atoms with Gasteiger partial charge < -0.3 is 15.8 Å². The molecule has 2 heterocycles. The third kappa shape index (κ3) is 2.59. The quantitative estimate of drug-likeness (QED) is 0.751. The van der Waals surface area contributed by atoms with Crippen LogP contribution in [0.5, 0.6) is 0 Å². The monoisotopic (exact) mass is 242 g/mol. The molecule has 7 heteroatoms. The van der Waals surface area contributed by atoms with Crippen LogP contribution in [0.4, 0.5) is 5.82 Å². The topological polar surface area (TPSA) is 90.1 Å². The van der Waals surface area contributed by atoms with Gasteiger partial charge in [-0.1, -0.05) is 0 Å². The fourth-order valence-electron chi connectivity index (χ4n) is 1.48. The Morgan fingerprint density at radius 3 is 3.06 bits per heavy atom. The predicted molar refractivity (Wildman–Crippen MR) is 58.4 cm³/mol. The summed E-state index contributed by atoms with van der Waals surface area (Å²) >= 11 is 5.68. The Hall–Kier alpha value is -1.40. The van der Waals surface area contributed by atoms with Gasteiger partial charge in [0.1, 0.15) is 11.5 Å². The van der Waals surface area contributed by atoms with Gasteiger partial charge in [0.15, 0.2) is 0 Å². The van der Waals surface area contributed by atoms with Gasteiger partial charge in [-0.05, 0) is 18.0 Å². The number of nitrogens with two attached hydrogens (primary N) is 1. The number of hydrogen-bond acceptors (Lipinski definition) is 5. The summed E-state index contributed by atoms with van der Waals surface area (Å²) < 4.78 is 5.21. The molecule has 1 fully saturated rings. The van der Waals surface area contributed by atoms with E-state index < -0.39 is 5.91 Å².